The molecule has 1 amide bonds. The fourth-order valence-electron chi connectivity index (χ4n) is 2.91. The predicted octanol–water partition coefficient (Wildman–Crippen LogP) is 3.15. The Morgan fingerprint density at radius 3 is 2.88 bits per heavy atom. The minimum atomic E-state index is -0.489. The summed E-state index contributed by atoms with van der Waals surface area (Å²) in [6.07, 6.45) is 1.48. The minimum absolute atomic E-state index is 0.124. The molecular weight excluding hydrogens is 329 g/mol. The summed E-state index contributed by atoms with van der Waals surface area (Å²) in [5.41, 5.74) is 1.20. The first-order valence-electron chi connectivity index (χ1n) is 7.94. The Hall–Kier alpha value is -1.99. The maximum absolute atomic E-state index is 13.2. The second-order valence-corrected chi connectivity index (χ2v) is 7.12. The molecule has 0 spiro atoms. The Morgan fingerprint density at radius 2 is 2.21 bits per heavy atom. The summed E-state index contributed by atoms with van der Waals surface area (Å²) < 4.78 is 13.2. The molecule has 128 valence electrons. The Labute approximate surface area is 144 Å². The minimum Gasteiger partial charge on any atom is -0.506 e. The first-order valence-corrected chi connectivity index (χ1v) is 8.82. The van der Waals surface area contributed by atoms with Gasteiger partial charge in [0.25, 0.3) is 0 Å². The summed E-state index contributed by atoms with van der Waals surface area (Å²) in [5.74, 6) is -0.904. The maximum Gasteiger partial charge on any atom is 0.227 e. The summed E-state index contributed by atoms with van der Waals surface area (Å²) in [7, 11) is 0. The van der Waals surface area contributed by atoms with E-state index in [9.17, 15) is 14.3 Å². The fourth-order valence-corrected chi connectivity index (χ4v) is 3.51. The van der Waals surface area contributed by atoms with Gasteiger partial charge in [-0.3, -0.25) is 9.69 Å². The molecule has 3 rings (SSSR count). The van der Waals surface area contributed by atoms with Gasteiger partial charge in [0.1, 0.15) is 11.6 Å². The second-order valence-electron chi connectivity index (χ2n) is 6.06. The van der Waals surface area contributed by atoms with E-state index in [1.54, 1.807) is 11.3 Å². The number of rotatable bonds is 4. The Bertz CT molecular complexity index is 726. The van der Waals surface area contributed by atoms with Gasteiger partial charge in [-0.25, -0.2) is 9.37 Å². The number of likely N-dealkylation sites (tertiary alicyclic amines) is 1. The number of phenols is 1. The number of aryl methyl sites for hydroxylation is 1. The van der Waals surface area contributed by atoms with E-state index in [0.717, 1.165) is 55.3 Å². The highest BCUT2D eigenvalue weighted by atomic mass is 32.1. The molecule has 0 saturated carbocycles. The number of aromatic hydroxyl groups is 1. The number of carbonyl (C=O) groups excluding carboxylic acids is 1. The number of nitrogens with zero attached hydrogens (tertiary/aromatic N) is 2. The second kappa shape index (κ2) is 7.27. The largest absolute Gasteiger partial charge is 0.506 e. The third kappa shape index (κ3) is 4.10. The molecule has 1 aromatic carbocycles. The number of benzene rings is 1. The van der Waals surface area contributed by atoms with Crippen LogP contribution in [0.3, 0.4) is 0 Å². The lowest BCUT2D eigenvalue weighted by atomic mass is 9.95. The highest BCUT2D eigenvalue weighted by Gasteiger charge is 2.26. The Kier molecular flexibility index (Phi) is 5.11. The molecule has 0 unspecified atom stereocenters. The molecule has 2 heterocycles. The number of piperidine rings is 1. The summed E-state index contributed by atoms with van der Waals surface area (Å²) in [6.45, 7) is 4.45. The number of halogens is 1. The van der Waals surface area contributed by atoms with Gasteiger partial charge in [0, 0.05) is 23.9 Å². The summed E-state index contributed by atoms with van der Waals surface area (Å²) in [6, 6.07) is 3.53. The van der Waals surface area contributed by atoms with Crippen LogP contribution in [0.5, 0.6) is 5.75 Å². The molecule has 0 atom stereocenters. The smallest absolute Gasteiger partial charge is 0.227 e. The quantitative estimate of drug-likeness (QED) is 0.832. The van der Waals surface area contributed by atoms with E-state index in [1.807, 2.05) is 6.92 Å². The van der Waals surface area contributed by atoms with Crippen molar-refractivity contribution in [3.63, 3.8) is 0 Å². The normalized spacial score (nSPS) is 16.2. The number of phenolic OH excluding ortho intramolecular Hbond substituents is 1. The standard InChI is InChI=1S/C17H20FN3O2S/c1-11-19-14(10-24-11)9-21-6-4-12(5-7-21)17(23)20-15-8-13(18)2-3-16(15)22/h2-3,8,10,12,22H,4-7,9H2,1H3,(H,20,23). The lowest BCUT2D eigenvalue weighted by Crippen LogP contribution is -2.37. The molecule has 1 aromatic heterocycles. The number of hydrogen-bond donors (Lipinski definition) is 2. The number of thiazole rings is 1. The molecule has 2 N–H and O–H groups in total. The molecule has 1 aliphatic rings. The SMILES string of the molecule is Cc1nc(CN2CCC(C(=O)Nc3cc(F)ccc3O)CC2)cs1. The van der Waals surface area contributed by atoms with Gasteiger partial charge in [0.2, 0.25) is 5.91 Å². The number of hydrogen-bond acceptors (Lipinski definition) is 5. The molecule has 7 heteroatoms. The van der Waals surface area contributed by atoms with Crippen molar-refractivity contribution in [3.05, 3.63) is 40.1 Å². The third-order valence-electron chi connectivity index (χ3n) is 4.23. The van der Waals surface area contributed by atoms with Crippen molar-refractivity contribution < 1.29 is 14.3 Å². The molecule has 1 fully saturated rings. The molecular formula is C17H20FN3O2S. The third-order valence-corrected chi connectivity index (χ3v) is 5.05. The van der Waals surface area contributed by atoms with Gasteiger partial charge in [-0.2, -0.15) is 0 Å². The number of carbonyl (C=O) groups is 1. The Morgan fingerprint density at radius 1 is 1.46 bits per heavy atom. The van der Waals surface area contributed by atoms with Crippen LogP contribution in [0.25, 0.3) is 0 Å². The van der Waals surface area contributed by atoms with Gasteiger partial charge in [0.15, 0.2) is 0 Å². The van der Waals surface area contributed by atoms with Crippen molar-refractivity contribution in [2.24, 2.45) is 5.92 Å². The van der Waals surface area contributed by atoms with Gasteiger partial charge >= 0.3 is 0 Å². The van der Waals surface area contributed by atoms with E-state index in [-0.39, 0.29) is 23.3 Å². The van der Waals surface area contributed by atoms with Crippen molar-refractivity contribution in [1.29, 1.82) is 0 Å². The average Bonchev–Trinajstić information content (AvgIpc) is 2.96. The van der Waals surface area contributed by atoms with E-state index in [2.05, 4.69) is 20.6 Å². The summed E-state index contributed by atoms with van der Waals surface area (Å²) in [4.78, 5) is 19.1. The fraction of sp³-hybridized carbons (Fsp3) is 0.412. The molecule has 0 bridgehead atoms. The van der Waals surface area contributed by atoms with Crippen LogP contribution in [0.1, 0.15) is 23.5 Å². The number of nitrogens with one attached hydrogen (secondary N) is 1. The first kappa shape index (κ1) is 16.9. The van der Waals surface area contributed by atoms with Crippen molar-refractivity contribution in [3.8, 4) is 5.75 Å². The van der Waals surface area contributed by atoms with E-state index >= 15 is 0 Å². The number of amides is 1. The van der Waals surface area contributed by atoms with E-state index in [1.165, 1.54) is 6.07 Å². The lowest BCUT2D eigenvalue weighted by molar-refractivity contribution is -0.121. The van der Waals surface area contributed by atoms with Crippen molar-refractivity contribution in [2.45, 2.75) is 26.3 Å². The summed E-state index contributed by atoms with van der Waals surface area (Å²) >= 11 is 1.65. The monoisotopic (exact) mass is 349 g/mol. The van der Waals surface area contributed by atoms with Gasteiger partial charge in [0.05, 0.1) is 16.4 Å². The maximum atomic E-state index is 13.2. The van der Waals surface area contributed by atoms with Crippen molar-refractivity contribution in [2.75, 3.05) is 18.4 Å². The van der Waals surface area contributed by atoms with E-state index in [4.69, 9.17) is 0 Å². The van der Waals surface area contributed by atoms with Crippen LogP contribution in [0, 0.1) is 18.7 Å². The molecule has 5 nitrogen and oxygen atoms in total. The summed E-state index contributed by atoms with van der Waals surface area (Å²) in [5, 5.41) is 15.5. The number of anilines is 1. The predicted molar refractivity (Wildman–Crippen MR) is 91.5 cm³/mol. The lowest BCUT2D eigenvalue weighted by Gasteiger charge is -2.30. The van der Waals surface area contributed by atoms with E-state index in [0.29, 0.717) is 0 Å². The zero-order chi connectivity index (χ0) is 17.1. The van der Waals surface area contributed by atoms with Crippen LogP contribution in [-0.4, -0.2) is 34.0 Å². The molecule has 24 heavy (non-hydrogen) atoms. The highest BCUT2D eigenvalue weighted by molar-refractivity contribution is 7.09. The average molecular weight is 349 g/mol. The van der Waals surface area contributed by atoms with Gasteiger partial charge in [-0.05, 0) is 45.0 Å². The first-order chi connectivity index (χ1) is 11.5. The zero-order valence-corrected chi connectivity index (χ0v) is 14.3. The van der Waals surface area contributed by atoms with Crippen LogP contribution in [0.4, 0.5) is 10.1 Å². The zero-order valence-electron chi connectivity index (χ0n) is 13.5. The topological polar surface area (TPSA) is 65.5 Å². The molecule has 1 saturated heterocycles. The Balaban J connectivity index is 1.52. The molecule has 2 aromatic rings. The van der Waals surface area contributed by atoms with Gasteiger partial charge in [-0.1, -0.05) is 0 Å². The van der Waals surface area contributed by atoms with Gasteiger partial charge in [-0.15, -0.1) is 11.3 Å². The molecule has 1 aliphatic heterocycles. The van der Waals surface area contributed by atoms with Crippen molar-refractivity contribution >= 4 is 22.9 Å². The van der Waals surface area contributed by atoms with Crippen LogP contribution in [0.2, 0.25) is 0 Å². The highest BCUT2D eigenvalue weighted by Crippen LogP contribution is 2.26. The van der Waals surface area contributed by atoms with Gasteiger partial charge < -0.3 is 10.4 Å². The molecule has 0 radical (unpaired) electrons. The van der Waals surface area contributed by atoms with Crippen LogP contribution in [-0.2, 0) is 11.3 Å². The van der Waals surface area contributed by atoms with E-state index < -0.39 is 5.82 Å². The van der Waals surface area contributed by atoms with Crippen LogP contribution < -0.4 is 5.32 Å². The van der Waals surface area contributed by atoms with Crippen LogP contribution in [0.15, 0.2) is 23.6 Å². The molecule has 0 aliphatic carbocycles. The van der Waals surface area contributed by atoms with Crippen molar-refractivity contribution in [1.82, 2.24) is 9.88 Å². The number of aromatic nitrogens is 1. The van der Waals surface area contributed by atoms with Crippen LogP contribution >= 0.6 is 11.3 Å².